The van der Waals surface area contributed by atoms with Gasteiger partial charge in [-0.15, -0.1) is 10.2 Å². The Morgan fingerprint density at radius 2 is 1.55 bits per heavy atom. The average Bonchev–Trinajstić information content (AvgIpc) is 3.17. The molecule has 0 saturated heterocycles. The van der Waals surface area contributed by atoms with Gasteiger partial charge in [0.25, 0.3) is 0 Å². The number of nitrogens with one attached hydrogen (secondary N) is 1. The molecule has 0 aliphatic carbocycles. The van der Waals surface area contributed by atoms with Crippen molar-refractivity contribution in [1.82, 2.24) is 15.4 Å². The fraction of sp³-hybridized carbons (Fsp3) is 0.111. The van der Waals surface area contributed by atoms with Crippen LogP contribution in [0.25, 0.3) is 11.1 Å². The van der Waals surface area contributed by atoms with Crippen LogP contribution < -0.4 is 4.90 Å². The van der Waals surface area contributed by atoms with Gasteiger partial charge in [-0.1, -0.05) is 35.9 Å². The smallest absolute Gasteiger partial charge is 0.381 e. The molecule has 0 aliphatic rings. The van der Waals surface area contributed by atoms with E-state index in [1.54, 1.807) is 36.4 Å². The number of carbonyl (C=O) groups is 2. The minimum Gasteiger partial charge on any atom is -0.381 e. The van der Waals surface area contributed by atoms with Gasteiger partial charge in [-0.05, 0) is 35.4 Å². The molecule has 0 amide bonds. The Kier molecular flexibility index (Phi) is 5.55. The van der Waals surface area contributed by atoms with E-state index in [0.29, 0.717) is 10.7 Å². The van der Waals surface area contributed by atoms with E-state index in [1.165, 1.54) is 11.9 Å². The van der Waals surface area contributed by atoms with E-state index >= 15 is 0 Å². The van der Waals surface area contributed by atoms with Gasteiger partial charge >= 0.3 is 18.1 Å². The van der Waals surface area contributed by atoms with Crippen molar-refractivity contribution in [3.63, 3.8) is 0 Å². The molecule has 0 bridgehead atoms. The molecule has 0 saturated carbocycles. The fourth-order valence-corrected chi connectivity index (χ4v) is 2.55. The van der Waals surface area contributed by atoms with Crippen LogP contribution in [0.4, 0.5) is 24.7 Å². The highest BCUT2D eigenvalue weighted by Gasteiger charge is 2.43. The summed E-state index contributed by atoms with van der Waals surface area (Å²) < 4.78 is 40.7. The number of aromatic nitrogens is 3. The number of hydrogen-bond acceptors (Lipinski definition) is 6. The van der Waals surface area contributed by atoms with Gasteiger partial charge in [0.05, 0.1) is 0 Å². The zero-order valence-electron chi connectivity index (χ0n) is 14.7. The second kappa shape index (κ2) is 7.92. The first-order valence-corrected chi connectivity index (χ1v) is 8.38. The number of hydrogen-bond donors (Lipinski definition) is 1. The molecule has 11 heteroatoms. The van der Waals surface area contributed by atoms with Crippen molar-refractivity contribution in [2.24, 2.45) is 0 Å². The van der Waals surface area contributed by atoms with E-state index in [2.05, 4.69) is 20.1 Å². The molecule has 150 valence electrons. The SMILES string of the molecule is CN(c1ccc(-c2ccc(Cl)cc2)cc1)c1n[nH]nc1C(=O)OC(=O)C(F)(F)F. The number of esters is 2. The second-order valence-electron chi connectivity index (χ2n) is 5.78. The first-order chi connectivity index (χ1) is 13.7. The number of anilines is 2. The molecule has 0 unspecified atom stereocenters. The maximum absolute atomic E-state index is 12.3. The lowest BCUT2D eigenvalue weighted by molar-refractivity contribution is -0.193. The number of ether oxygens (including phenoxy) is 1. The first kappa shape index (κ1) is 20.3. The highest BCUT2D eigenvalue weighted by molar-refractivity contribution is 6.30. The predicted molar refractivity (Wildman–Crippen MR) is 97.8 cm³/mol. The molecule has 0 fully saturated rings. The van der Waals surface area contributed by atoms with Crippen LogP contribution in [0.15, 0.2) is 48.5 Å². The Morgan fingerprint density at radius 3 is 2.10 bits per heavy atom. The third kappa shape index (κ3) is 4.54. The highest BCUT2D eigenvalue weighted by atomic mass is 35.5. The molecule has 3 rings (SSSR count). The molecule has 7 nitrogen and oxygen atoms in total. The van der Waals surface area contributed by atoms with E-state index in [0.717, 1.165) is 11.1 Å². The van der Waals surface area contributed by atoms with Crippen LogP contribution in [0.2, 0.25) is 5.02 Å². The number of rotatable bonds is 4. The van der Waals surface area contributed by atoms with Gasteiger partial charge in [-0.3, -0.25) is 0 Å². The Balaban J connectivity index is 1.80. The third-order valence-corrected chi connectivity index (χ3v) is 4.14. The molecular formula is C18H12ClF3N4O3. The van der Waals surface area contributed by atoms with Crippen LogP contribution in [0.3, 0.4) is 0 Å². The molecule has 29 heavy (non-hydrogen) atoms. The van der Waals surface area contributed by atoms with Crippen molar-refractivity contribution in [3.05, 3.63) is 59.2 Å². The van der Waals surface area contributed by atoms with Crippen molar-refractivity contribution >= 4 is 35.0 Å². The van der Waals surface area contributed by atoms with Crippen LogP contribution in [-0.4, -0.2) is 40.6 Å². The standard InChI is InChI=1S/C18H12ClF3N4O3/c1-26(13-8-4-11(5-9-13)10-2-6-12(19)7-3-10)15-14(23-25-24-15)16(27)29-17(28)18(20,21)22/h2-9H,1H3,(H,23,24,25). The fourth-order valence-electron chi connectivity index (χ4n) is 2.43. The van der Waals surface area contributed by atoms with Crippen LogP contribution in [0.5, 0.6) is 0 Å². The third-order valence-electron chi connectivity index (χ3n) is 3.89. The van der Waals surface area contributed by atoms with E-state index in [-0.39, 0.29) is 5.82 Å². The summed E-state index contributed by atoms with van der Waals surface area (Å²) in [5, 5.41) is 9.99. The number of aromatic amines is 1. The maximum atomic E-state index is 12.3. The monoisotopic (exact) mass is 424 g/mol. The molecule has 0 atom stereocenters. The number of halogens is 4. The summed E-state index contributed by atoms with van der Waals surface area (Å²) in [6, 6.07) is 14.3. The molecule has 1 aromatic heterocycles. The van der Waals surface area contributed by atoms with Gasteiger partial charge in [0.2, 0.25) is 5.69 Å². The van der Waals surface area contributed by atoms with Crippen LogP contribution >= 0.6 is 11.6 Å². The summed E-state index contributed by atoms with van der Waals surface area (Å²) in [5.74, 6) is -4.31. The molecule has 2 aromatic carbocycles. The van der Waals surface area contributed by atoms with Gasteiger partial charge in [-0.25, -0.2) is 9.59 Å². The first-order valence-electron chi connectivity index (χ1n) is 8.00. The number of nitrogens with zero attached hydrogens (tertiary/aromatic N) is 3. The van der Waals surface area contributed by atoms with E-state index in [4.69, 9.17) is 11.6 Å². The lowest BCUT2D eigenvalue weighted by atomic mass is 10.1. The Labute approximate surface area is 167 Å². The quantitative estimate of drug-likeness (QED) is 0.500. The van der Waals surface area contributed by atoms with Gasteiger partial charge in [0.15, 0.2) is 5.82 Å². The van der Waals surface area contributed by atoms with Crippen molar-refractivity contribution in [3.8, 4) is 11.1 Å². The number of carbonyl (C=O) groups excluding carboxylic acids is 2. The van der Waals surface area contributed by atoms with Crippen molar-refractivity contribution in [2.45, 2.75) is 6.18 Å². The van der Waals surface area contributed by atoms with E-state index in [9.17, 15) is 22.8 Å². The molecular weight excluding hydrogens is 413 g/mol. The molecule has 1 N–H and O–H groups in total. The van der Waals surface area contributed by atoms with Crippen molar-refractivity contribution in [2.75, 3.05) is 11.9 Å². The summed E-state index contributed by atoms with van der Waals surface area (Å²) in [6.07, 6.45) is -5.30. The molecule has 0 spiro atoms. The number of H-pyrrole nitrogens is 1. The maximum Gasteiger partial charge on any atom is 0.491 e. The molecule has 0 radical (unpaired) electrons. The number of alkyl halides is 3. The molecule has 3 aromatic rings. The predicted octanol–water partition coefficient (Wildman–Crippen LogP) is 4.14. The van der Waals surface area contributed by atoms with Gasteiger partial charge in [0.1, 0.15) is 0 Å². The summed E-state index contributed by atoms with van der Waals surface area (Å²) >= 11 is 5.88. The van der Waals surface area contributed by atoms with Crippen molar-refractivity contribution in [1.29, 1.82) is 0 Å². The van der Waals surface area contributed by atoms with E-state index < -0.39 is 23.8 Å². The van der Waals surface area contributed by atoms with Gasteiger partial charge < -0.3 is 9.64 Å². The Morgan fingerprint density at radius 1 is 1.00 bits per heavy atom. The Hall–Kier alpha value is -3.40. The van der Waals surface area contributed by atoms with Gasteiger partial charge in [-0.2, -0.15) is 18.4 Å². The Bertz CT molecular complexity index is 1030. The molecule has 1 heterocycles. The topological polar surface area (TPSA) is 88.2 Å². The second-order valence-corrected chi connectivity index (χ2v) is 6.22. The van der Waals surface area contributed by atoms with Crippen LogP contribution in [0.1, 0.15) is 10.5 Å². The lowest BCUT2D eigenvalue weighted by Crippen LogP contribution is -2.28. The zero-order chi connectivity index (χ0) is 21.2. The highest BCUT2D eigenvalue weighted by Crippen LogP contribution is 2.28. The molecule has 0 aliphatic heterocycles. The van der Waals surface area contributed by atoms with Crippen molar-refractivity contribution < 1.29 is 27.5 Å². The largest absolute Gasteiger partial charge is 0.491 e. The average molecular weight is 425 g/mol. The van der Waals surface area contributed by atoms with Crippen LogP contribution in [0, 0.1) is 0 Å². The summed E-state index contributed by atoms with van der Waals surface area (Å²) in [7, 11) is 1.53. The minimum absolute atomic E-state index is 0.107. The van der Waals surface area contributed by atoms with Gasteiger partial charge in [0, 0.05) is 17.8 Å². The summed E-state index contributed by atoms with van der Waals surface area (Å²) in [6.45, 7) is 0. The summed E-state index contributed by atoms with van der Waals surface area (Å²) in [4.78, 5) is 24.2. The normalized spacial score (nSPS) is 11.2. The van der Waals surface area contributed by atoms with E-state index in [1.807, 2.05) is 12.1 Å². The summed E-state index contributed by atoms with van der Waals surface area (Å²) in [5.41, 5.74) is 1.83. The minimum atomic E-state index is -5.30. The lowest BCUT2D eigenvalue weighted by Gasteiger charge is -2.17. The number of benzene rings is 2. The zero-order valence-corrected chi connectivity index (χ0v) is 15.5. The van der Waals surface area contributed by atoms with Crippen LogP contribution in [-0.2, 0) is 9.53 Å².